The van der Waals surface area contributed by atoms with Gasteiger partial charge in [0.15, 0.2) is 0 Å². The summed E-state index contributed by atoms with van der Waals surface area (Å²) in [6.07, 6.45) is 8.10. The Labute approximate surface area is 199 Å². The average Bonchev–Trinajstić information content (AvgIpc) is 2.85. The molecule has 7 heterocycles. The van der Waals surface area contributed by atoms with Crippen molar-refractivity contribution in [2.75, 3.05) is 43.4 Å². The van der Waals surface area contributed by atoms with Crippen molar-refractivity contribution >= 4 is 23.4 Å². The third-order valence-electron chi connectivity index (χ3n) is 6.01. The van der Waals surface area contributed by atoms with Crippen molar-refractivity contribution in [3.63, 3.8) is 0 Å². The number of anilines is 3. The van der Waals surface area contributed by atoms with Gasteiger partial charge >= 0.3 is 0 Å². The van der Waals surface area contributed by atoms with Crippen LogP contribution in [0.1, 0.15) is 19.3 Å². The first-order chi connectivity index (χ1) is 16.7. The molecule has 1 aromatic carbocycles. The Hall–Kier alpha value is -3.72. The second-order valence-corrected chi connectivity index (χ2v) is 8.60. The van der Waals surface area contributed by atoms with E-state index in [-0.39, 0.29) is 12.0 Å². The van der Waals surface area contributed by atoms with Crippen LogP contribution in [0.4, 0.5) is 17.5 Å². The molecular weight excluding hydrogens is 430 g/mol. The van der Waals surface area contributed by atoms with Gasteiger partial charge in [0, 0.05) is 62.1 Å². The number of hydrogen-bond donors (Lipinski definition) is 3. The van der Waals surface area contributed by atoms with Crippen LogP contribution in [0.15, 0.2) is 55.0 Å². The van der Waals surface area contributed by atoms with Crippen LogP contribution in [0.5, 0.6) is 5.75 Å². The highest BCUT2D eigenvalue weighted by atomic mass is 16.5. The lowest BCUT2D eigenvalue weighted by Gasteiger charge is -2.31. The zero-order valence-corrected chi connectivity index (χ0v) is 19.0. The molecule has 0 saturated carbocycles. The van der Waals surface area contributed by atoms with Crippen LogP contribution in [-0.2, 0) is 4.79 Å². The fourth-order valence-corrected chi connectivity index (χ4v) is 4.19. The Kier molecular flexibility index (Phi) is 6.81. The van der Waals surface area contributed by atoms with Gasteiger partial charge in [-0.05, 0) is 49.1 Å². The van der Waals surface area contributed by atoms with Crippen molar-refractivity contribution < 1.29 is 9.53 Å². The summed E-state index contributed by atoms with van der Waals surface area (Å²) in [7, 11) is 0. The van der Waals surface area contributed by atoms with Gasteiger partial charge in [-0.3, -0.25) is 9.69 Å². The molecule has 34 heavy (non-hydrogen) atoms. The summed E-state index contributed by atoms with van der Waals surface area (Å²) in [5.41, 5.74) is 2.79. The number of aromatic nitrogens is 3. The number of ether oxygens (including phenoxy) is 1. The van der Waals surface area contributed by atoms with E-state index >= 15 is 0 Å². The molecule has 0 aliphatic carbocycles. The van der Waals surface area contributed by atoms with E-state index in [1.54, 1.807) is 18.6 Å². The van der Waals surface area contributed by atoms with Crippen LogP contribution in [0, 0.1) is 0 Å². The number of amides is 1. The van der Waals surface area contributed by atoms with Crippen LogP contribution in [0.3, 0.4) is 0 Å². The molecule has 1 amide bonds. The Morgan fingerprint density at radius 2 is 1.76 bits per heavy atom. The van der Waals surface area contributed by atoms with Gasteiger partial charge in [0.1, 0.15) is 17.7 Å². The molecule has 9 nitrogen and oxygen atoms in total. The van der Waals surface area contributed by atoms with Crippen LogP contribution in [-0.4, -0.2) is 64.6 Å². The van der Waals surface area contributed by atoms with E-state index in [0.29, 0.717) is 25.6 Å². The molecule has 2 aromatic heterocycles. The Morgan fingerprint density at radius 3 is 2.62 bits per heavy atom. The zero-order valence-electron chi connectivity index (χ0n) is 19.0. The summed E-state index contributed by atoms with van der Waals surface area (Å²) in [5.74, 6) is 2.20. The maximum atomic E-state index is 12.3. The lowest BCUT2D eigenvalue weighted by molar-refractivity contribution is -0.122. The quantitative estimate of drug-likeness (QED) is 0.471. The normalized spacial score (nSPS) is 21.0. The average molecular weight is 460 g/mol. The van der Waals surface area contributed by atoms with E-state index < -0.39 is 0 Å². The second-order valence-electron chi connectivity index (χ2n) is 8.60. The number of nitrogens with one attached hydrogen (secondary N) is 3. The number of piperidine rings is 1. The minimum Gasteiger partial charge on any atom is -0.490 e. The molecule has 0 radical (unpaired) electrons. The standard InChI is InChI=1S/C25H29N7O2/c33-24-17-32-11-6-21(7-12-32)34-22-4-1-3-20(14-22)31-23-13-18(5-10-26-23)19-15-29-25(30-16-19)28-9-2-8-27-24/h1,3-5,10,13-16,21H,2,6-9,11-12,17H2,(H,26,31)(H,27,33)(H,28,29,30). The van der Waals surface area contributed by atoms with Gasteiger partial charge in [-0.2, -0.15) is 0 Å². The maximum Gasteiger partial charge on any atom is 0.234 e. The number of benzene rings is 1. The van der Waals surface area contributed by atoms with Gasteiger partial charge in [-0.15, -0.1) is 0 Å². The second kappa shape index (κ2) is 10.5. The summed E-state index contributed by atoms with van der Waals surface area (Å²) in [6.45, 7) is 3.43. The molecule has 3 aromatic rings. The molecule has 0 unspecified atom stereocenters. The van der Waals surface area contributed by atoms with E-state index in [2.05, 4.69) is 35.8 Å². The smallest absolute Gasteiger partial charge is 0.234 e. The van der Waals surface area contributed by atoms with Crippen molar-refractivity contribution in [3.8, 4) is 16.9 Å². The van der Waals surface area contributed by atoms with E-state index in [1.165, 1.54) is 0 Å². The summed E-state index contributed by atoms with van der Waals surface area (Å²) < 4.78 is 6.25. The van der Waals surface area contributed by atoms with Gasteiger partial charge in [0.2, 0.25) is 11.9 Å². The highest BCUT2D eigenvalue weighted by Crippen LogP contribution is 2.26. The van der Waals surface area contributed by atoms with Crippen molar-refractivity contribution in [1.29, 1.82) is 0 Å². The molecule has 8 bridgehead atoms. The van der Waals surface area contributed by atoms with Gasteiger partial charge in [-0.25, -0.2) is 15.0 Å². The molecule has 1 fully saturated rings. The third-order valence-corrected chi connectivity index (χ3v) is 6.01. The monoisotopic (exact) mass is 459 g/mol. The van der Waals surface area contributed by atoms with E-state index in [1.807, 2.05) is 36.4 Å². The van der Waals surface area contributed by atoms with Gasteiger partial charge < -0.3 is 20.7 Å². The SMILES string of the molecule is O=C1CN2CCC(CC2)Oc2cccc(c2)Nc2cc(ccn2)-c2cnc(nc2)NCCCN1. The molecule has 0 spiro atoms. The Bertz CT molecular complexity index is 1110. The first-order valence-corrected chi connectivity index (χ1v) is 11.8. The van der Waals surface area contributed by atoms with Crippen LogP contribution < -0.4 is 20.7 Å². The number of carbonyl (C=O) groups excluding carboxylic acids is 1. The lowest BCUT2D eigenvalue weighted by Crippen LogP contribution is -2.44. The highest BCUT2D eigenvalue weighted by Gasteiger charge is 2.22. The zero-order chi connectivity index (χ0) is 23.2. The summed E-state index contributed by atoms with van der Waals surface area (Å²) in [5, 5.41) is 9.58. The molecule has 0 atom stereocenters. The molecule has 5 aliphatic heterocycles. The van der Waals surface area contributed by atoms with Crippen molar-refractivity contribution in [1.82, 2.24) is 25.2 Å². The largest absolute Gasteiger partial charge is 0.490 e. The van der Waals surface area contributed by atoms with Crippen molar-refractivity contribution in [2.24, 2.45) is 0 Å². The minimum absolute atomic E-state index is 0.0625. The minimum atomic E-state index is 0.0625. The molecule has 9 heteroatoms. The molecule has 5 aliphatic rings. The van der Waals surface area contributed by atoms with Crippen molar-refractivity contribution in [2.45, 2.75) is 25.4 Å². The first kappa shape index (κ1) is 22.1. The maximum absolute atomic E-state index is 12.3. The number of hydrogen-bond acceptors (Lipinski definition) is 8. The van der Waals surface area contributed by atoms with E-state index in [9.17, 15) is 4.79 Å². The fourth-order valence-electron chi connectivity index (χ4n) is 4.19. The third kappa shape index (κ3) is 5.79. The highest BCUT2D eigenvalue weighted by molar-refractivity contribution is 5.78. The summed E-state index contributed by atoms with van der Waals surface area (Å²) >= 11 is 0. The number of pyridine rings is 1. The predicted molar refractivity (Wildman–Crippen MR) is 131 cm³/mol. The fraction of sp³-hybridized carbons (Fsp3) is 0.360. The van der Waals surface area contributed by atoms with E-state index in [4.69, 9.17) is 4.74 Å². The number of nitrogens with zero attached hydrogens (tertiary/aromatic N) is 4. The summed E-state index contributed by atoms with van der Waals surface area (Å²) in [4.78, 5) is 27.8. The Balaban J connectivity index is 1.35. The molecule has 1 saturated heterocycles. The topological polar surface area (TPSA) is 104 Å². The van der Waals surface area contributed by atoms with Crippen molar-refractivity contribution in [3.05, 3.63) is 55.0 Å². The van der Waals surface area contributed by atoms with Crippen LogP contribution in [0.25, 0.3) is 11.1 Å². The predicted octanol–water partition coefficient (Wildman–Crippen LogP) is 3.06. The Morgan fingerprint density at radius 1 is 0.941 bits per heavy atom. The molecular formula is C25H29N7O2. The van der Waals surface area contributed by atoms with Gasteiger partial charge in [-0.1, -0.05) is 6.07 Å². The molecule has 8 rings (SSSR count). The van der Waals surface area contributed by atoms with E-state index in [0.717, 1.165) is 60.7 Å². The van der Waals surface area contributed by atoms with Gasteiger partial charge in [0.05, 0.1) is 6.54 Å². The van der Waals surface area contributed by atoms with Crippen LogP contribution in [0.2, 0.25) is 0 Å². The lowest BCUT2D eigenvalue weighted by atomic mass is 10.1. The van der Waals surface area contributed by atoms with Crippen LogP contribution >= 0.6 is 0 Å². The number of carbonyl (C=O) groups is 1. The number of rotatable bonds is 0. The van der Waals surface area contributed by atoms with Gasteiger partial charge in [0.25, 0.3) is 0 Å². The molecule has 176 valence electrons. The molecule has 3 N–H and O–H groups in total. The first-order valence-electron chi connectivity index (χ1n) is 11.8. The summed E-state index contributed by atoms with van der Waals surface area (Å²) in [6, 6.07) is 11.9.